The summed E-state index contributed by atoms with van der Waals surface area (Å²) in [6, 6.07) is 20.3. The Labute approximate surface area is 195 Å². The van der Waals surface area contributed by atoms with Gasteiger partial charge >= 0.3 is 0 Å². The SMILES string of the molecule is O=C1C(=CC2=CC=C(N3Cc4sc5cc6ccccc6cc5c4C3)C2)C(=O)c2ccccc21. The van der Waals surface area contributed by atoms with Crippen LogP contribution in [0.4, 0.5) is 0 Å². The van der Waals surface area contributed by atoms with Gasteiger partial charge in [-0.05, 0) is 51.6 Å². The number of carbonyl (C=O) groups excluding carboxylic acids is 2. The van der Waals surface area contributed by atoms with E-state index in [0.717, 1.165) is 25.1 Å². The molecule has 0 saturated heterocycles. The second kappa shape index (κ2) is 6.87. The Kier molecular flexibility index (Phi) is 3.91. The van der Waals surface area contributed by atoms with E-state index in [1.54, 1.807) is 30.3 Å². The number of allylic oxidation sites excluding steroid dienone is 5. The standard InChI is InChI=1S/C29H19NO2S/c31-28-21-7-3-4-8-22(21)29(32)24(28)12-17-9-10-20(11-17)30-15-25-23-13-18-5-1-2-6-19(18)14-26(23)33-27(25)16-30/h1-10,12-14H,11,15-16H2. The zero-order chi connectivity index (χ0) is 22.1. The lowest BCUT2D eigenvalue weighted by atomic mass is 10.1. The van der Waals surface area contributed by atoms with E-state index in [4.69, 9.17) is 0 Å². The molecule has 0 amide bonds. The lowest BCUT2D eigenvalue weighted by molar-refractivity contribution is 0.0988. The summed E-state index contributed by atoms with van der Waals surface area (Å²) >= 11 is 1.90. The molecule has 3 aliphatic rings. The molecule has 1 aliphatic heterocycles. The van der Waals surface area contributed by atoms with Crippen LogP contribution in [0.1, 0.15) is 37.6 Å². The van der Waals surface area contributed by atoms with Crippen molar-refractivity contribution in [3.8, 4) is 0 Å². The number of fused-ring (bicyclic) bond motifs is 5. The van der Waals surface area contributed by atoms with Crippen LogP contribution in [0.25, 0.3) is 20.9 Å². The van der Waals surface area contributed by atoms with Crippen molar-refractivity contribution in [2.75, 3.05) is 0 Å². The third-order valence-corrected chi connectivity index (χ3v) is 8.12. The first-order valence-corrected chi connectivity index (χ1v) is 12.0. The Hall–Kier alpha value is -3.76. The first kappa shape index (κ1) is 18.8. The van der Waals surface area contributed by atoms with Crippen molar-refractivity contribution in [3.63, 3.8) is 0 Å². The number of rotatable bonds is 2. The number of hydrogen-bond donors (Lipinski definition) is 0. The van der Waals surface area contributed by atoms with Crippen LogP contribution in [0.3, 0.4) is 0 Å². The smallest absolute Gasteiger partial charge is 0.197 e. The molecule has 7 rings (SSSR count). The zero-order valence-electron chi connectivity index (χ0n) is 17.8. The highest BCUT2D eigenvalue weighted by atomic mass is 32.1. The van der Waals surface area contributed by atoms with Crippen molar-refractivity contribution in [1.29, 1.82) is 0 Å². The molecule has 0 unspecified atom stereocenters. The average molecular weight is 446 g/mol. The molecule has 158 valence electrons. The van der Waals surface area contributed by atoms with Crippen LogP contribution < -0.4 is 0 Å². The molecule has 1 aromatic heterocycles. The Morgan fingerprint density at radius 1 is 0.818 bits per heavy atom. The van der Waals surface area contributed by atoms with Crippen molar-refractivity contribution in [1.82, 2.24) is 4.90 Å². The molecule has 4 aromatic rings. The Balaban J connectivity index is 1.12. The van der Waals surface area contributed by atoms with Crippen molar-refractivity contribution in [2.24, 2.45) is 0 Å². The molecule has 3 aromatic carbocycles. The fourth-order valence-electron chi connectivity index (χ4n) is 5.24. The molecule has 0 bridgehead atoms. The van der Waals surface area contributed by atoms with Crippen LogP contribution >= 0.6 is 11.3 Å². The van der Waals surface area contributed by atoms with Gasteiger partial charge in [0.2, 0.25) is 0 Å². The fraction of sp³-hybridized carbons (Fsp3) is 0.103. The van der Waals surface area contributed by atoms with Crippen LogP contribution in [0.2, 0.25) is 0 Å². The minimum atomic E-state index is -0.160. The molecular formula is C29H19NO2S. The highest BCUT2D eigenvalue weighted by molar-refractivity contribution is 7.19. The summed E-state index contributed by atoms with van der Waals surface area (Å²) < 4.78 is 1.36. The highest BCUT2D eigenvalue weighted by Gasteiger charge is 2.33. The molecule has 33 heavy (non-hydrogen) atoms. The number of nitrogens with zero attached hydrogens (tertiary/aromatic N) is 1. The maximum atomic E-state index is 12.7. The lowest BCUT2D eigenvalue weighted by Crippen LogP contribution is -2.15. The van der Waals surface area contributed by atoms with Gasteiger partial charge in [0, 0.05) is 39.4 Å². The van der Waals surface area contributed by atoms with Crippen molar-refractivity contribution >= 4 is 43.8 Å². The highest BCUT2D eigenvalue weighted by Crippen LogP contribution is 2.42. The fourth-order valence-corrected chi connectivity index (χ4v) is 6.51. The number of ketones is 2. The largest absolute Gasteiger partial charge is 0.365 e. The van der Waals surface area contributed by atoms with E-state index in [-0.39, 0.29) is 17.1 Å². The van der Waals surface area contributed by atoms with Crippen molar-refractivity contribution < 1.29 is 9.59 Å². The zero-order valence-corrected chi connectivity index (χ0v) is 18.6. The van der Waals surface area contributed by atoms with Gasteiger partial charge in [0.05, 0.1) is 12.1 Å². The normalized spacial score (nSPS) is 17.1. The van der Waals surface area contributed by atoms with E-state index < -0.39 is 0 Å². The van der Waals surface area contributed by atoms with Crippen molar-refractivity contribution in [2.45, 2.75) is 19.5 Å². The van der Waals surface area contributed by atoms with Gasteiger partial charge < -0.3 is 4.90 Å². The molecule has 0 spiro atoms. The van der Waals surface area contributed by atoms with E-state index in [9.17, 15) is 9.59 Å². The van der Waals surface area contributed by atoms with Crippen LogP contribution in [0.15, 0.2) is 95.7 Å². The average Bonchev–Trinajstić information content (AvgIpc) is 3.58. The second-order valence-electron chi connectivity index (χ2n) is 8.89. The number of benzene rings is 3. The van der Waals surface area contributed by atoms with Gasteiger partial charge in [-0.3, -0.25) is 9.59 Å². The molecule has 2 heterocycles. The van der Waals surface area contributed by atoms with Crippen LogP contribution in [0, 0.1) is 0 Å². The number of Topliss-reactive ketones (excluding diaryl/α,β-unsaturated/α-hetero) is 2. The predicted octanol–water partition coefficient (Wildman–Crippen LogP) is 6.59. The summed E-state index contributed by atoms with van der Waals surface area (Å²) in [5, 5.41) is 3.94. The Morgan fingerprint density at radius 3 is 2.27 bits per heavy atom. The molecule has 0 radical (unpaired) electrons. The van der Waals surface area contributed by atoms with Gasteiger partial charge in [0.25, 0.3) is 0 Å². The summed E-state index contributed by atoms with van der Waals surface area (Å²) in [6.07, 6.45) is 6.72. The summed E-state index contributed by atoms with van der Waals surface area (Å²) in [6.45, 7) is 1.82. The Morgan fingerprint density at radius 2 is 1.52 bits per heavy atom. The molecule has 0 fully saturated rings. The molecule has 2 aliphatic carbocycles. The van der Waals surface area contributed by atoms with Gasteiger partial charge in [0.1, 0.15) is 0 Å². The van der Waals surface area contributed by atoms with Gasteiger partial charge in [-0.2, -0.15) is 0 Å². The van der Waals surface area contributed by atoms with E-state index in [1.165, 1.54) is 37.0 Å². The summed E-state index contributed by atoms with van der Waals surface area (Å²) in [5.41, 5.74) is 5.02. The van der Waals surface area contributed by atoms with Crippen LogP contribution in [-0.2, 0) is 13.1 Å². The minimum absolute atomic E-state index is 0.160. The van der Waals surface area contributed by atoms with E-state index in [1.807, 2.05) is 17.4 Å². The Bertz CT molecular complexity index is 1600. The maximum Gasteiger partial charge on any atom is 0.197 e. The van der Waals surface area contributed by atoms with E-state index in [0.29, 0.717) is 11.1 Å². The summed E-state index contributed by atoms with van der Waals surface area (Å²) in [7, 11) is 0. The second-order valence-corrected chi connectivity index (χ2v) is 10.0. The first-order chi connectivity index (χ1) is 16.2. The molecule has 3 nitrogen and oxygen atoms in total. The topological polar surface area (TPSA) is 37.4 Å². The third-order valence-electron chi connectivity index (χ3n) is 6.94. The lowest BCUT2D eigenvalue weighted by Gasteiger charge is -2.20. The molecule has 4 heteroatoms. The number of thiophene rings is 1. The number of hydrogen-bond acceptors (Lipinski definition) is 4. The molecule has 0 atom stereocenters. The van der Waals surface area contributed by atoms with Gasteiger partial charge in [-0.1, -0.05) is 54.6 Å². The van der Waals surface area contributed by atoms with Crippen LogP contribution in [-0.4, -0.2) is 16.5 Å². The maximum absolute atomic E-state index is 12.7. The monoisotopic (exact) mass is 445 g/mol. The predicted molar refractivity (Wildman–Crippen MR) is 133 cm³/mol. The van der Waals surface area contributed by atoms with Gasteiger partial charge in [0.15, 0.2) is 11.6 Å². The number of carbonyl (C=O) groups is 2. The summed E-state index contributed by atoms with van der Waals surface area (Å²) in [4.78, 5) is 29.3. The van der Waals surface area contributed by atoms with E-state index in [2.05, 4.69) is 47.4 Å². The molecular weight excluding hydrogens is 426 g/mol. The van der Waals surface area contributed by atoms with E-state index >= 15 is 0 Å². The van der Waals surface area contributed by atoms with Crippen molar-refractivity contribution in [3.05, 3.63) is 117 Å². The van der Waals surface area contributed by atoms with Gasteiger partial charge in [-0.15, -0.1) is 11.3 Å². The first-order valence-electron chi connectivity index (χ1n) is 11.1. The third kappa shape index (κ3) is 2.81. The minimum Gasteiger partial charge on any atom is -0.365 e. The quantitative estimate of drug-likeness (QED) is 0.258. The molecule has 0 saturated carbocycles. The molecule has 0 N–H and O–H groups in total. The van der Waals surface area contributed by atoms with Crippen LogP contribution in [0.5, 0.6) is 0 Å². The van der Waals surface area contributed by atoms with Gasteiger partial charge in [-0.25, -0.2) is 0 Å². The summed E-state index contributed by atoms with van der Waals surface area (Å²) in [5.74, 6) is -0.320.